The van der Waals surface area contributed by atoms with Crippen LogP contribution in [0.1, 0.15) is 53.7 Å². The lowest BCUT2D eigenvalue weighted by atomic mass is 9.89. The summed E-state index contributed by atoms with van der Waals surface area (Å²) in [4.78, 5) is 26.4. The SMILES string of the molecule is O=C(NCC1CCCCC1)c1cc(C(F)(F)F)cc2ccn(Cc3ccc4ccccc4n3)c12.O=C(O)O. The number of alkyl halides is 3. The van der Waals surface area contributed by atoms with Gasteiger partial charge in [-0.15, -0.1) is 0 Å². The molecule has 1 aliphatic rings. The fourth-order valence-corrected chi connectivity index (χ4v) is 4.91. The fraction of sp³-hybridized carbons (Fsp3) is 0.321. The van der Waals surface area contributed by atoms with E-state index in [2.05, 4.69) is 10.3 Å². The molecule has 0 radical (unpaired) electrons. The van der Waals surface area contributed by atoms with Crippen LogP contribution in [0.3, 0.4) is 0 Å². The predicted octanol–water partition coefficient (Wildman–Crippen LogP) is 6.79. The van der Waals surface area contributed by atoms with Crippen LogP contribution in [-0.4, -0.2) is 38.4 Å². The van der Waals surface area contributed by atoms with Gasteiger partial charge in [0.2, 0.25) is 0 Å². The fourth-order valence-electron chi connectivity index (χ4n) is 4.91. The Balaban J connectivity index is 0.000000786. The van der Waals surface area contributed by atoms with Gasteiger partial charge in [0.15, 0.2) is 0 Å². The molecular formula is C28H28F3N3O4. The molecule has 3 N–H and O–H groups in total. The van der Waals surface area contributed by atoms with E-state index in [1.165, 1.54) is 6.42 Å². The molecule has 1 fully saturated rings. The lowest BCUT2D eigenvalue weighted by Crippen LogP contribution is -2.31. The molecule has 4 aromatic rings. The Hall–Kier alpha value is -4.08. The predicted molar refractivity (Wildman–Crippen MR) is 137 cm³/mol. The second-order valence-electron chi connectivity index (χ2n) is 9.39. The highest BCUT2D eigenvalue weighted by Crippen LogP contribution is 2.34. The third-order valence-electron chi connectivity index (χ3n) is 6.70. The Morgan fingerprint density at radius 3 is 2.39 bits per heavy atom. The third-order valence-corrected chi connectivity index (χ3v) is 6.70. The average molecular weight is 528 g/mol. The molecular weight excluding hydrogens is 499 g/mol. The van der Waals surface area contributed by atoms with Crippen molar-refractivity contribution in [2.24, 2.45) is 5.92 Å². The number of benzene rings is 2. The number of pyridine rings is 1. The molecule has 38 heavy (non-hydrogen) atoms. The van der Waals surface area contributed by atoms with Gasteiger partial charge in [-0.25, -0.2) is 4.79 Å². The molecule has 200 valence electrons. The number of carbonyl (C=O) groups is 2. The van der Waals surface area contributed by atoms with Gasteiger partial charge < -0.3 is 20.1 Å². The summed E-state index contributed by atoms with van der Waals surface area (Å²) >= 11 is 0. The maximum Gasteiger partial charge on any atom is 0.503 e. The Morgan fingerprint density at radius 2 is 1.68 bits per heavy atom. The highest BCUT2D eigenvalue weighted by Gasteiger charge is 2.33. The van der Waals surface area contributed by atoms with Crippen molar-refractivity contribution in [3.63, 3.8) is 0 Å². The van der Waals surface area contributed by atoms with Crippen LogP contribution in [0.15, 0.2) is 60.8 Å². The molecule has 0 unspecified atom stereocenters. The molecule has 10 heteroatoms. The molecule has 0 atom stereocenters. The number of para-hydroxylation sites is 1. The average Bonchev–Trinajstić information content (AvgIpc) is 3.29. The minimum atomic E-state index is -4.53. The molecule has 0 spiro atoms. The minimum absolute atomic E-state index is 0.0476. The van der Waals surface area contributed by atoms with Gasteiger partial charge >= 0.3 is 12.3 Å². The van der Waals surface area contributed by atoms with Crippen molar-refractivity contribution in [3.05, 3.63) is 77.6 Å². The number of rotatable bonds is 5. The summed E-state index contributed by atoms with van der Waals surface area (Å²) in [5.74, 6) is -0.0827. The Morgan fingerprint density at radius 1 is 0.974 bits per heavy atom. The van der Waals surface area contributed by atoms with Gasteiger partial charge in [-0.1, -0.05) is 43.5 Å². The van der Waals surface area contributed by atoms with Crippen molar-refractivity contribution in [2.75, 3.05) is 6.54 Å². The van der Waals surface area contributed by atoms with Crippen LogP contribution in [0.2, 0.25) is 0 Å². The standard InChI is InChI=1S/C27H26F3N3O.CH2O3/c28-27(29,30)21-14-20-12-13-33(17-22-11-10-19-8-4-5-9-24(19)32-22)25(20)23(15-21)26(34)31-16-18-6-2-1-3-7-18;2-1(3)4/h4-5,8-15,18H,1-3,6-7,16-17H2,(H,31,34);(H2,2,3,4). The van der Waals surface area contributed by atoms with E-state index in [-0.39, 0.29) is 5.56 Å². The maximum atomic E-state index is 13.6. The first kappa shape index (κ1) is 27.0. The number of hydrogen-bond acceptors (Lipinski definition) is 3. The van der Waals surface area contributed by atoms with E-state index in [0.29, 0.717) is 29.9 Å². The summed E-state index contributed by atoms with van der Waals surface area (Å²) in [5.41, 5.74) is 1.34. The number of amides is 1. The summed E-state index contributed by atoms with van der Waals surface area (Å²) < 4.78 is 42.6. The van der Waals surface area contributed by atoms with Crippen molar-refractivity contribution in [1.82, 2.24) is 14.9 Å². The van der Waals surface area contributed by atoms with E-state index in [1.807, 2.05) is 41.0 Å². The van der Waals surface area contributed by atoms with Crippen molar-refractivity contribution in [3.8, 4) is 0 Å². The molecule has 0 aliphatic heterocycles. The van der Waals surface area contributed by atoms with Gasteiger partial charge in [0.1, 0.15) is 0 Å². The van der Waals surface area contributed by atoms with Gasteiger partial charge in [-0.3, -0.25) is 9.78 Å². The first-order valence-electron chi connectivity index (χ1n) is 12.4. The number of carboxylic acid groups (broad SMARTS) is 2. The largest absolute Gasteiger partial charge is 0.503 e. The van der Waals surface area contributed by atoms with Crippen LogP contribution < -0.4 is 5.32 Å². The Kier molecular flexibility index (Phi) is 8.19. The number of aromatic nitrogens is 2. The molecule has 7 nitrogen and oxygen atoms in total. The zero-order chi connectivity index (χ0) is 27.3. The minimum Gasteiger partial charge on any atom is -0.450 e. The van der Waals surface area contributed by atoms with Crippen molar-refractivity contribution < 1.29 is 33.0 Å². The normalized spacial score (nSPS) is 14.2. The molecule has 5 rings (SSSR count). The lowest BCUT2D eigenvalue weighted by Gasteiger charge is -2.22. The monoisotopic (exact) mass is 527 g/mol. The van der Waals surface area contributed by atoms with Gasteiger partial charge in [0.25, 0.3) is 5.91 Å². The molecule has 2 aromatic heterocycles. The molecule has 2 heterocycles. The van der Waals surface area contributed by atoms with Gasteiger partial charge in [-0.05, 0) is 49.1 Å². The quantitative estimate of drug-likeness (QED) is 0.265. The summed E-state index contributed by atoms with van der Waals surface area (Å²) in [7, 11) is 0. The van der Waals surface area contributed by atoms with Crippen molar-refractivity contribution >= 4 is 33.9 Å². The topological polar surface area (TPSA) is 104 Å². The van der Waals surface area contributed by atoms with Crippen molar-refractivity contribution in [2.45, 2.75) is 44.8 Å². The number of hydrogen-bond donors (Lipinski definition) is 3. The van der Waals surface area contributed by atoms with E-state index in [9.17, 15) is 18.0 Å². The van der Waals surface area contributed by atoms with E-state index < -0.39 is 23.8 Å². The second kappa shape index (κ2) is 11.5. The molecule has 0 saturated heterocycles. The zero-order valence-electron chi connectivity index (χ0n) is 20.5. The highest BCUT2D eigenvalue weighted by molar-refractivity contribution is 6.06. The van der Waals surface area contributed by atoms with E-state index in [4.69, 9.17) is 15.0 Å². The number of nitrogens with zero attached hydrogens (tertiary/aromatic N) is 2. The second-order valence-corrected chi connectivity index (χ2v) is 9.39. The Labute approximate surface area is 216 Å². The van der Waals surface area contributed by atoms with E-state index >= 15 is 0 Å². The Bertz CT molecular complexity index is 1440. The van der Waals surface area contributed by atoms with Crippen LogP contribution in [0.4, 0.5) is 18.0 Å². The van der Waals surface area contributed by atoms with Crippen LogP contribution in [-0.2, 0) is 12.7 Å². The molecule has 2 aromatic carbocycles. The number of halogens is 3. The first-order chi connectivity index (χ1) is 18.1. The van der Waals surface area contributed by atoms with Gasteiger partial charge in [-0.2, -0.15) is 13.2 Å². The molecule has 0 bridgehead atoms. The summed E-state index contributed by atoms with van der Waals surface area (Å²) in [6, 6.07) is 15.3. The molecule has 1 aliphatic carbocycles. The summed E-state index contributed by atoms with van der Waals surface area (Å²) in [6.45, 7) is 0.839. The van der Waals surface area contributed by atoms with E-state index in [1.54, 1.807) is 12.3 Å². The van der Waals surface area contributed by atoms with Crippen molar-refractivity contribution in [1.29, 1.82) is 0 Å². The lowest BCUT2D eigenvalue weighted by molar-refractivity contribution is -0.137. The van der Waals surface area contributed by atoms with Crippen LogP contribution in [0, 0.1) is 5.92 Å². The van der Waals surface area contributed by atoms with E-state index in [0.717, 1.165) is 54.4 Å². The van der Waals surface area contributed by atoms with Crippen LogP contribution >= 0.6 is 0 Å². The third kappa shape index (κ3) is 6.62. The highest BCUT2D eigenvalue weighted by atomic mass is 19.4. The first-order valence-corrected chi connectivity index (χ1v) is 12.4. The number of nitrogens with one attached hydrogen (secondary N) is 1. The molecule has 1 amide bonds. The maximum absolute atomic E-state index is 13.6. The van der Waals surface area contributed by atoms with Crippen LogP contribution in [0.5, 0.6) is 0 Å². The summed E-state index contributed by atoms with van der Waals surface area (Å²) in [6.07, 6.45) is 0.916. The smallest absolute Gasteiger partial charge is 0.450 e. The van der Waals surface area contributed by atoms with Gasteiger partial charge in [0.05, 0.1) is 34.4 Å². The number of carbonyl (C=O) groups excluding carboxylic acids is 1. The zero-order valence-corrected chi connectivity index (χ0v) is 20.5. The summed E-state index contributed by atoms with van der Waals surface area (Å²) in [5, 5.41) is 18.3. The van der Waals surface area contributed by atoms with Crippen LogP contribution in [0.25, 0.3) is 21.8 Å². The molecule has 1 saturated carbocycles. The number of fused-ring (bicyclic) bond motifs is 2. The van der Waals surface area contributed by atoms with Gasteiger partial charge in [0, 0.05) is 23.5 Å².